The van der Waals surface area contributed by atoms with Gasteiger partial charge in [-0.1, -0.05) is 0 Å². The van der Waals surface area contributed by atoms with Crippen molar-refractivity contribution in [1.82, 2.24) is 40.5 Å². The molecule has 1 aromatic heterocycles. The third-order valence-corrected chi connectivity index (χ3v) is 10.4. The number of hydrogen-bond acceptors (Lipinski definition) is 13. The average molecular weight is 873 g/mol. The van der Waals surface area contributed by atoms with E-state index in [0.29, 0.717) is 16.6 Å². The molecule has 23 heteroatoms. The molecule has 0 bridgehead atoms. The number of carbonyl (C=O) groups excluding carboxylic acids is 5. The van der Waals surface area contributed by atoms with Crippen molar-refractivity contribution in [3.8, 4) is 6.07 Å². The topological polar surface area (TPSA) is 286 Å². The fourth-order valence-corrected chi connectivity index (χ4v) is 7.10. The van der Waals surface area contributed by atoms with E-state index >= 15 is 0 Å². The van der Waals surface area contributed by atoms with E-state index in [1.54, 1.807) is 32.9 Å². The maximum atomic E-state index is 13.8. The van der Waals surface area contributed by atoms with Gasteiger partial charge in [-0.3, -0.25) is 58.0 Å². The summed E-state index contributed by atoms with van der Waals surface area (Å²) in [5.74, 6) is -9.52. The van der Waals surface area contributed by atoms with Gasteiger partial charge < -0.3 is 41.1 Å². The molecule has 0 spiro atoms. The molecule has 1 aromatic carbocycles. The molecule has 0 unspecified atom stereocenters. The van der Waals surface area contributed by atoms with Crippen LogP contribution in [0.15, 0.2) is 30.5 Å². The van der Waals surface area contributed by atoms with Crippen LogP contribution in [0.2, 0.25) is 0 Å². The Morgan fingerprint density at radius 1 is 0.871 bits per heavy atom. The number of alkyl halides is 2. The van der Waals surface area contributed by atoms with Crippen LogP contribution in [0.1, 0.15) is 42.5 Å². The minimum Gasteiger partial charge on any atom is -0.480 e. The molecule has 0 radical (unpaired) electrons. The monoisotopic (exact) mass is 872 g/mol. The average Bonchev–Trinajstić information content (AvgIpc) is 3.59. The van der Waals surface area contributed by atoms with Gasteiger partial charge in [0.15, 0.2) is 0 Å². The summed E-state index contributed by atoms with van der Waals surface area (Å²) in [6, 6.07) is 5.30. The lowest BCUT2D eigenvalue weighted by atomic mass is 10.1. The van der Waals surface area contributed by atoms with Gasteiger partial charge in [-0.05, 0) is 30.7 Å². The number of carboxylic acid groups (broad SMARTS) is 3. The Labute approximate surface area is 354 Å². The molecule has 2 aliphatic rings. The first-order chi connectivity index (χ1) is 29.4. The van der Waals surface area contributed by atoms with Gasteiger partial charge >= 0.3 is 17.9 Å². The maximum absolute atomic E-state index is 13.8. The minimum atomic E-state index is -3.21. The van der Waals surface area contributed by atoms with Gasteiger partial charge in [0, 0.05) is 102 Å². The van der Waals surface area contributed by atoms with Crippen LogP contribution in [0.3, 0.4) is 0 Å². The second kappa shape index (κ2) is 22.5. The predicted octanol–water partition coefficient (Wildman–Crippen LogP) is -0.978. The number of aliphatic carboxylic acids is 3. The van der Waals surface area contributed by atoms with Crippen LogP contribution in [0.25, 0.3) is 10.9 Å². The SMILES string of the molecule is CN(C(=O)CCC(=O)NCCNC(=O)CC[C@H](C(=O)O)N1CCN(CC(=O)O)CCN(CC(=O)O)CC1)c1ccc2nccc(C(=O)NCC(=O)N3CC(F)(F)C[C@H]3C#N)c2c1. The number of likely N-dealkylation sites (tertiary alicyclic amines) is 1. The molecule has 62 heavy (non-hydrogen) atoms. The molecular weight excluding hydrogens is 822 g/mol. The van der Waals surface area contributed by atoms with E-state index in [2.05, 4.69) is 20.9 Å². The molecule has 0 saturated carbocycles. The Hall–Kier alpha value is -6.38. The number of fused-ring (bicyclic) bond motifs is 1. The molecule has 5 amide bonds. The zero-order valence-corrected chi connectivity index (χ0v) is 34.1. The Kier molecular flexibility index (Phi) is 17.5. The van der Waals surface area contributed by atoms with Crippen molar-refractivity contribution in [3.05, 3.63) is 36.0 Å². The van der Waals surface area contributed by atoms with Crippen LogP contribution in [0.4, 0.5) is 14.5 Å². The van der Waals surface area contributed by atoms with Crippen LogP contribution in [0.5, 0.6) is 0 Å². The van der Waals surface area contributed by atoms with E-state index in [9.17, 15) is 67.7 Å². The first-order valence-electron chi connectivity index (χ1n) is 19.8. The smallest absolute Gasteiger partial charge is 0.320 e. The number of nitrogens with one attached hydrogen (secondary N) is 3. The first-order valence-corrected chi connectivity index (χ1v) is 19.8. The highest BCUT2D eigenvalue weighted by molar-refractivity contribution is 6.08. The van der Waals surface area contributed by atoms with Crippen molar-refractivity contribution in [2.75, 3.05) is 90.5 Å². The number of anilines is 1. The quantitative estimate of drug-likeness (QED) is 0.0926. The highest BCUT2D eigenvalue weighted by atomic mass is 19.3. The molecule has 21 nitrogen and oxygen atoms in total. The summed E-state index contributed by atoms with van der Waals surface area (Å²) in [7, 11) is 1.47. The van der Waals surface area contributed by atoms with Crippen molar-refractivity contribution in [2.24, 2.45) is 0 Å². The van der Waals surface area contributed by atoms with Gasteiger partial charge in [-0.25, -0.2) is 8.78 Å². The largest absolute Gasteiger partial charge is 0.480 e. The third kappa shape index (κ3) is 14.4. The molecule has 4 rings (SSSR count). The van der Waals surface area contributed by atoms with Crippen LogP contribution in [-0.2, 0) is 33.6 Å². The molecule has 2 aromatic rings. The van der Waals surface area contributed by atoms with Gasteiger partial charge in [-0.2, -0.15) is 5.26 Å². The number of aromatic nitrogens is 1. The lowest BCUT2D eigenvalue weighted by Crippen LogP contribution is -2.47. The third-order valence-electron chi connectivity index (χ3n) is 10.4. The number of rotatable bonds is 19. The van der Waals surface area contributed by atoms with E-state index in [4.69, 9.17) is 0 Å². The Balaban J connectivity index is 1.22. The summed E-state index contributed by atoms with van der Waals surface area (Å²) in [6.07, 6.45) is -0.0963. The van der Waals surface area contributed by atoms with Crippen molar-refractivity contribution < 1.29 is 62.5 Å². The van der Waals surface area contributed by atoms with Gasteiger partial charge in [0.25, 0.3) is 11.8 Å². The molecule has 2 fully saturated rings. The fourth-order valence-electron chi connectivity index (χ4n) is 7.10. The summed E-state index contributed by atoms with van der Waals surface area (Å²) in [6.45, 7) is -0.761. The van der Waals surface area contributed by atoms with Crippen molar-refractivity contribution >= 4 is 64.0 Å². The number of pyridine rings is 1. The van der Waals surface area contributed by atoms with E-state index in [1.165, 1.54) is 30.3 Å². The first kappa shape index (κ1) is 48.3. The number of nitriles is 1. The van der Waals surface area contributed by atoms with Crippen LogP contribution in [-0.4, -0.2) is 191 Å². The lowest BCUT2D eigenvalue weighted by molar-refractivity contribution is -0.145. The number of halogens is 2. The summed E-state index contributed by atoms with van der Waals surface area (Å²) < 4.78 is 27.6. The van der Waals surface area contributed by atoms with Crippen LogP contribution < -0.4 is 20.9 Å². The minimum absolute atomic E-state index is 0.0119. The second-order valence-corrected chi connectivity index (χ2v) is 14.9. The molecule has 3 heterocycles. The molecule has 6 N–H and O–H groups in total. The number of nitrogens with zero attached hydrogens (tertiary/aromatic N) is 7. The molecule has 336 valence electrons. The zero-order chi connectivity index (χ0) is 45.6. The van der Waals surface area contributed by atoms with Gasteiger partial charge in [-0.15, -0.1) is 0 Å². The highest BCUT2D eigenvalue weighted by Crippen LogP contribution is 2.31. The second-order valence-electron chi connectivity index (χ2n) is 14.9. The molecular formula is C39H50F2N10O11. The van der Waals surface area contributed by atoms with Gasteiger partial charge in [0.1, 0.15) is 12.1 Å². The van der Waals surface area contributed by atoms with E-state index < -0.39 is 85.0 Å². The van der Waals surface area contributed by atoms with Crippen molar-refractivity contribution in [2.45, 2.75) is 50.1 Å². The van der Waals surface area contributed by atoms with E-state index in [-0.39, 0.29) is 96.7 Å². The number of hydrogen-bond donors (Lipinski definition) is 6. The molecule has 2 atom stereocenters. The fraction of sp³-hybridized carbons (Fsp3) is 0.538. The van der Waals surface area contributed by atoms with Crippen LogP contribution in [0, 0.1) is 11.3 Å². The maximum Gasteiger partial charge on any atom is 0.320 e. The summed E-state index contributed by atoms with van der Waals surface area (Å²) in [4.78, 5) is 110. The summed E-state index contributed by atoms with van der Waals surface area (Å²) >= 11 is 0. The molecule has 2 saturated heterocycles. The van der Waals surface area contributed by atoms with Crippen LogP contribution >= 0.6 is 0 Å². The summed E-state index contributed by atoms with van der Waals surface area (Å²) in [5, 5.41) is 45.7. The van der Waals surface area contributed by atoms with E-state index in [0.717, 1.165) is 4.90 Å². The van der Waals surface area contributed by atoms with Gasteiger partial charge in [0.05, 0.1) is 43.3 Å². The predicted molar refractivity (Wildman–Crippen MR) is 214 cm³/mol. The normalized spacial score (nSPS) is 17.7. The van der Waals surface area contributed by atoms with Crippen molar-refractivity contribution in [3.63, 3.8) is 0 Å². The lowest BCUT2D eigenvalue weighted by Gasteiger charge is -2.30. The van der Waals surface area contributed by atoms with Crippen molar-refractivity contribution in [1.29, 1.82) is 5.26 Å². The number of carboxylic acids is 3. The molecule has 0 aliphatic carbocycles. The highest BCUT2D eigenvalue weighted by Gasteiger charge is 2.47. The Bertz CT molecular complexity index is 2020. The standard InChI is InChI=1S/C39H50F2N10O11/c1-47(25-2-3-29-28(18-25)27(8-9-43-29)37(60)46-21-34(55)51-24-39(40,41)19-26(51)20-42)33(54)7-6-32(53)45-11-10-44-31(52)5-4-30(38(61)62)50-16-14-48(22-35(56)57)12-13-49(15-17-50)23-36(58)59/h2-3,8-9,18,26,30H,4-7,10-17,19,21-24H2,1H3,(H,44,52)(H,45,53)(H,46,60)(H,56,57)(H,58,59)(H,61,62)/t26-,30+/m0/s1. The van der Waals surface area contributed by atoms with Gasteiger partial charge in [0.2, 0.25) is 23.6 Å². The molecule has 2 aliphatic heterocycles. The Morgan fingerprint density at radius 3 is 2.05 bits per heavy atom. The number of benzene rings is 1. The zero-order valence-electron chi connectivity index (χ0n) is 34.1. The summed E-state index contributed by atoms with van der Waals surface area (Å²) in [5.41, 5.74) is 0.820. The Morgan fingerprint density at radius 2 is 1.47 bits per heavy atom. The number of carbonyl (C=O) groups is 8. The number of amides is 5. The van der Waals surface area contributed by atoms with E-state index in [1.807, 2.05) is 0 Å².